The molecule has 7 nitrogen and oxygen atoms in total. The van der Waals surface area contributed by atoms with E-state index in [1.807, 2.05) is 0 Å². The van der Waals surface area contributed by atoms with Crippen molar-refractivity contribution in [3.05, 3.63) is 57.2 Å². The van der Waals surface area contributed by atoms with Crippen molar-refractivity contribution in [3.8, 4) is 11.5 Å². The summed E-state index contributed by atoms with van der Waals surface area (Å²) in [5.41, 5.74) is 0. The highest BCUT2D eigenvalue weighted by Gasteiger charge is 2.86. The number of fused-ring (bicyclic) bond motifs is 2. The zero-order chi connectivity index (χ0) is 28.6. The molecule has 1 saturated carbocycles. The summed E-state index contributed by atoms with van der Waals surface area (Å²) in [7, 11) is -4.81. The number of ether oxygens (including phenoxy) is 2. The van der Waals surface area contributed by atoms with E-state index < -0.39 is 52.9 Å². The Morgan fingerprint density at radius 3 is 1.58 bits per heavy atom. The lowest BCUT2D eigenvalue weighted by atomic mass is 9.81. The molecule has 0 radical (unpaired) electrons. The van der Waals surface area contributed by atoms with Gasteiger partial charge >= 0.3 is 11.9 Å². The van der Waals surface area contributed by atoms with Crippen LogP contribution in [0.1, 0.15) is 0 Å². The van der Waals surface area contributed by atoms with E-state index >= 15 is 0 Å². The highest BCUT2D eigenvalue weighted by Crippen LogP contribution is 2.76. The van der Waals surface area contributed by atoms with Crippen molar-refractivity contribution in [1.29, 1.82) is 0 Å². The summed E-state index contributed by atoms with van der Waals surface area (Å²) in [5, 5.41) is -0.679. The first-order valence-corrected chi connectivity index (χ1v) is 16.8. The Hall–Kier alpha value is 0.960. The van der Waals surface area contributed by atoms with Gasteiger partial charge in [0, 0.05) is 10.7 Å². The average Bonchev–Trinajstić information content (AvgIpc) is 2.99. The summed E-state index contributed by atoms with van der Waals surface area (Å²) < 4.78 is 44.3. The topological polar surface area (TPSA) is 110 Å². The number of halogens is 9. The summed E-state index contributed by atoms with van der Waals surface area (Å²) in [6.07, 6.45) is 0. The van der Waals surface area contributed by atoms with E-state index in [2.05, 4.69) is 22.6 Å². The Bertz CT molecular complexity index is 1490. The van der Waals surface area contributed by atoms with E-state index in [4.69, 9.17) is 79.1 Å². The van der Waals surface area contributed by atoms with E-state index in [0.717, 1.165) is 15.7 Å². The van der Waals surface area contributed by atoms with Gasteiger partial charge in [-0.05, 0) is 104 Å². The van der Waals surface area contributed by atoms with E-state index in [1.165, 1.54) is 12.1 Å². The molecule has 2 aliphatic carbocycles. The van der Waals surface area contributed by atoms with Crippen LogP contribution in [0, 0.1) is 22.5 Å². The van der Waals surface area contributed by atoms with Crippen molar-refractivity contribution < 1.29 is 32.0 Å². The minimum atomic E-state index is -4.81. The van der Waals surface area contributed by atoms with E-state index in [1.54, 1.807) is 57.3 Å². The molecule has 2 bridgehead atoms. The monoisotopic (exact) mass is 995 g/mol. The molecule has 4 unspecified atom stereocenters. The van der Waals surface area contributed by atoms with Crippen molar-refractivity contribution in [3.63, 3.8) is 0 Å². The predicted molar refractivity (Wildman–Crippen MR) is 168 cm³/mol. The molecular weight excluding hydrogens is 990 g/mol. The number of carbonyl (C=O) groups is 2. The molecule has 204 valence electrons. The number of benzene rings is 2. The summed E-state index contributed by atoms with van der Waals surface area (Å²) in [6, 6.07) is 8.70. The van der Waals surface area contributed by atoms with Gasteiger partial charge in [0.15, 0.2) is 4.33 Å². The number of hydrogen-bond acceptors (Lipinski definition) is 7. The maximum atomic E-state index is 13.6. The molecule has 17 heteroatoms. The fourth-order valence-electron chi connectivity index (χ4n) is 4.28. The van der Waals surface area contributed by atoms with E-state index in [9.17, 15) is 22.6 Å². The van der Waals surface area contributed by atoms with Crippen LogP contribution in [0.15, 0.2) is 51.4 Å². The lowest BCUT2D eigenvalue weighted by molar-refractivity contribution is -0.150. The molecule has 2 aromatic carbocycles. The molecule has 0 aromatic heterocycles. The Balaban J connectivity index is 1.79. The number of esters is 2. The second-order valence-electron chi connectivity index (χ2n) is 8.05. The van der Waals surface area contributed by atoms with Crippen molar-refractivity contribution >= 4 is 159 Å². The summed E-state index contributed by atoms with van der Waals surface area (Å²) in [5.74, 6) is -5.57. The molecule has 1 fully saturated rings. The highest BCUT2D eigenvalue weighted by atomic mass is 127. The number of rotatable bonds is 5. The standard InChI is InChI=1S/C21H9Cl6I3O7S/c22-15-16(23)20(25)13(18(32)37-9-5-10(29)14(11(30)6-9)38(33,34)35)12(19(15,24)21(20,26)27)17(31)36-8-3-1-7(28)2-4-8/h1-6,12-13H,(H,33,34,35)/p-1. The lowest BCUT2D eigenvalue weighted by Gasteiger charge is -2.33. The molecule has 2 aromatic rings. The maximum Gasteiger partial charge on any atom is 0.317 e. The van der Waals surface area contributed by atoms with Crippen LogP contribution in [0.4, 0.5) is 0 Å². The number of alkyl halides is 4. The van der Waals surface area contributed by atoms with Crippen LogP contribution in [-0.4, -0.2) is 39.0 Å². The Labute approximate surface area is 287 Å². The Morgan fingerprint density at radius 2 is 1.18 bits per heavy atom. The third-order valence-electron chi connectivity index (χ3n) is 5.92. The number of carbonyl (C=O) groups excluding carboxylic acids is 2. The molecule has 4 atom stereocenters. The van der Waals surface area contributed by atoms with Crippen LogP contribution >= 0.6 is 137 Å². The van der Waals surface area contributed by atoms with Crippen molar-refractivity contribution in [1.82, 2.24) is 0 Å². The molecule has 2 aliphatic rings. The van der Waals surface area contributed by atoms with Crippen molar-refractivity contribution in [2.45, 2.75) is 19.0 Å². The fourth-order valence-corrected chi connectivity index (χ4v) is 11.5. The normalized spacial score (nSPS) is 27.9. The van der Waals surface area contributed by atoms with Crippen LogP contribution in [0.2, 0.25) is 0 Å². The SMILES string of the molecule is O=C(Oc1ccc(I)cc1)C1C(C(=O)Oc2cc(I)c(S(=O)(=O)[O-])c(I)c2)C2(Cl)C(Cl)=C(Cl)C1(Cl)C2(Cl)Cl. The van der Waals surface area contributed by atoms with Crippen molar-refractivity contribution in [2.24, 2.45) is 11.8 Å². The third-order valence-corrected chi connectivity index (χ3v) is 14.3. The molecule has 0 aliphatic heterocycles. The maximum absolute atomic E-state index is 13.6. The number of hydrogen-bond donors (Lipinski definition) is 0. The van der Waals surface area contributed by atoms with Gasteiger partial charge in [-0.2, -0.15) is 0 Å². The van der Waals surface area contributed by atoms with Crippen LogP contribution < -0.4 is 9.47 Å². The van der Waals surface area contributed by atoms with Gasteiger partial charge in [-0.25, -0.2) is 8.42 Å². The van der Waals surface area contributed by atoms with Gasteiger partial charge < -0.3 is 14.0 Å². The summed E-state index contributed by atoms with van der Waals surface area (Å²) >= 11 is 44.9. The average molecular weight is 998 g/mol. The van der Waals surface area contributed by atoms with Gasteiger partial charge in [0.25, 0.3) is 0 Å². The predicted octanol–water partition coefficient (Wildman–Crippen LogP) is 6.99. The minimum Gasteiger partial charge on any atom is -0.744 e. The van der Waals surface area contributed by atoms with Crippen LogP contribution in [0.5, 0.6) is 11.5 Å². The second-order valence-corrected chi connectivity index (χ2v) is 16.2. The zero-order valence-corrected chi connectivity index (χ0v) is 29.6. The first kappa shape index (κ1) is 31.9. The van der Waals surface area contributed by atoms with Gasteiger partial charge in [-0.3, -0.25) is 9.59 Å². The zero-order valence-electron chi connectivity index (χ0n) is 17.8. The highest BCUT2D eigenvalue weighted by molar-refractivity contribution is 14.1. The first-order valence-electron chi connectivity index (χ1n) is 9.84. The third kappa shape index (κ3) is 4.88. The molecule has 4 rings (SSSR count). The quantitative estimate of drug-likeness (QED) is 0.105. The molecule has 38 heavy (non-hydrogen) atoms. The summed E-state index contributed by atoms with van der Waals surface area (Å²) in [6.45, 7) is 0. The minimum absolute atomic E-state index is 0.00526. The fraction of sp³-hybridized carbons (Fsp3) is 0.238. The van der Waals surface area contributed by atoms with Gasteiger partial charge in [0.05, 0.1) is 15.0 Å². The Morgan fingerprint density at radius 1 is 0.789 bits per heavy atom. The van der Waals surface area contributed by atoms with Crippen LogP contribution in [0.3, 0.4) is 0 Å². The van der Waals surface area contributed by atoms with Gasteiger partial charge in [0.1, 0.15) is 43.2 Å². The molecule has 0 spiro atoms. The van der Waals surface area contributed by atoms with Crippen molar-refractivity contribution in [2.75, 3.05) is 0 Å². The van der Waals surface area contributed by atoms with Gasteiger partial charge in [0.2, 0.25) is 0 Å². The van der Waals surface area contributed by atoms with E-state index in [0.29, 0.717) is 0 Å². The van der Waals surface area contributed by atoms with Gasteiger partial charge in [-0.1, -0.05) is 46.4 Å². The number of allylic oxidation sites excluding steroid dienone is 2. The smallest absolute Gasteiger partial charge is 0.317 e. The first-order chi connectivity index (χ1) is 17.4. The van der Waals surface area contributed by atoms with E-state index in [-0.39, 0.29) is 28.7 Å². The molecule has 0 saturated heterocycles. The Kier molecular flexibility index (Phi) is 9.15. The summed E-state index contributed by atoms with van der Waals surface area (Å²) in [4.78, 5) is 22.2. The lowest BCUT2D eigenvalue weighted by Crippen LogP contribution is -2.48. The second kappa shape index (κ2) is 10.9. The molecule has 0 amide bonds. The molecule has 0 N–H and O–H groups in total. The molecular formula is C21H8Cl6I3O7S-. The van der Waals surface area contributed by atoms with Crippen LogP contribution in [-0.2, 0) is 19.7 Å². The van der Waals surface area contributed by atoms with Gasteiger partial charge in [-0.15, -0.1) is 23.2 Å². The molecule has 0 heterocycles. The largest absolute Gasteiger partial charge is 0.744 e. The van der Waals surface area contributed by atoms with Crippen LogP contribution in [0.25, 0.3) is 0 Å².